The molecule has 96 valence electrons. The summed E-state index contributed by atoms with van der Waals surface area (Å²) in [4.78, 5) is 8.63. The number of methoxy groups -OCH3 is 1. The maximum atomic E-state index is 5.38. The number of aromatic nitrogens is 1. The molecule has 6 nitrogen and oxygen atoms in total. The van der Waals surface area contributed by atoms with E-state index in [4.69, 9.17) is 10.6 Å². The van der Waals surface area contributed by atoms with Crippen molar-refractivity contribution in [3.8, 4) is 0 Å². The molecule has 0 spiro atoms. The minimum atomic E-state index is 0.145. The molecule has 1 aromatic rings. The van der Waals surface area contributed by atoms with Crippen LogP contribution in [0.5, 0.6) is 0 Å². The summed E-state index contributed by atoms with van der Waals surface area (Å²) < 4.78 is 5.02. The summed E-state index contributed by atoms with van der Waals surface area (Å²) in [6, 6.07) is 0.145. The van der Waals surface area contributed by atoms with Gasteiger partial charge in [0.2, 0.25) is 5.96 Å². The molecule has 4 N–H and O–H groups in total. The molecule has 0 amide bonds. The third kappa shape index (κ3) is 5.12. The van der Waals surface area contributed by atoms with Gasteiger partial charge in [-0.05, 0) is 13.8 Å². The summed E-state index contributed by atoms with van der Waals surface area (Å²) in [6.07, 6.45) is 0. The van der Waals surface area contributed by atoms with Gasteiger partial charge in [-0.15, -0.1) is 11.3 Å². The number of nitrogens with zero attached hydrogens (tertiary/aromatic N) is 2. The predicted molar refractivity (Wildman–Crippen MR) is 69.8 cm³/mol. The van der Waals surface area contributed by atoms with Crippen LogP contribution in [0.15, 0.2) is 10.4 Å². The molecule has 1 unspecified atom stereocenters. The zero-order valence-electron chi connectivity index (χ0n) is 10.4. The van der Waals surface area contributed by atoms with Crippen LogP contribution in [-0.2, 0) is 11.3 Å². The van der Waals surface area contributed by atoms with Crippen molar-refractivity contribution in [1.82, 2.24) is 15.7 Å². The molecule has 0 saturated carbocycles. The molecule has 0 aliphatic carbocycles. The van der Waals surface area contributed by atoms with Gasteiger partial charge in [0.15, 0.2) is 0 Å². The van der Waals surface area contributed by atoms with Gasteiger partial charge in [0.25, 0.3) is 0 Å². The Labute approximate surface area is 105 Å². The molecular weight excluding hydrogens is 238 g/mol. The summed E-state index contributed by atoms with van der Waals surface area (Å²) in [5.74, 6) is 5.93. The number of hydrogen-bond donors (Lipinski definition) is 3. The number of rotatable bonds is 5. The highest BCUT2D eigenvalue weighted by Gasteiger charge is 2.04. The van der Waals surface area contributed by atoms with Gasteiger partial charge in [-0.25, -0.2) is 15.8 Å². The Balaban J connectivity index is 2.49. The molecule has 0 aromatic carbocycles. The average molecular weight is 257 g/mol. The predicted octanol–water partition coefficient (Wildman–Crippen LogP) is 0.395. The lowest BCUT2D eigenvalue weighted by atomic mass is 10.4. The van der Waals surface area contributed by atoms with Crippen LogP contribution < -0.4 is 16.6 Å². The first-order valence-electron chi connectivity index (χ1n) is 5.33. The smallest absolute Gasteiger partial charge is 0.206 e. The Hall–Kier alpha value is -1.18. The van der Waals surface area contributed by atoms with Gasteiger partial charge in [0.1, 0.15) is 0 Å². The van der Waals surface area contributed by atoms with E-state index in [0.717, 1.165) is 10.7 Å². The fourth-order valence-electron chi connectivity index (χ4n) is 1.30. The van der Waals surface area contributed by atoms with E-state index in [1.165, 1.54) is 0 Å². The average Bonchev–Trinajstić information content (AvgIpc) is 2.70. The van der Waals surface area contributed by atoms with Crippen molar-refractivity contribution >= 4 is 17.3 Å². The molecule has 1 rings (SSSR count). The van der Waals surface area contributed by atoms with E-state index in [9.17, 15) is 0 Å². The van der Waals surface area contributed by atoms with Gasteiger partial charge < -0.3 is 10.1 Å². The Kier molecular flexibility index (Phi) is 5.88. The highest BCUT2D eigenvalue weighted by Crippen LogP contribution is 2.08. The summed E-state index contributed by atoms with van der Waals surface area (Å²) >= 11 is 1.61. The summed E-state index contributed by atoms with van der Waals surface area (Å²) in [5.41, 5.74) is 3.47. The Morgan fingerprint density at radius 1 is 1.71 bits per heavy atom. The van der Waals surface area contributed by atoms with Crippen LogP contribution in [0.2, 0.25) is 0 Å². The van der Waals surface area contributed by atoms with Crippen molar-refractivity contribution in [2.45, 2.75) is 26.4 Å². The number of guanidine groups is 1. The molecule has 1 atom stereocenters. The number of nitrogens with two attached hydrogens (primary N) is 1. The highest BCUT2D eigenvalue weighted by atomic mass is 32.1. The minimum absolute atomic E-state index is 0.145. The molecule has 7 heteroatoms. The summed E-state index contributed by atoms with van der Waals surface area (Å²) in [7, 11) is 1.66. The van der Waals surface area contributed by atoms with Crippen LogP contribution in [0.1, 0.15) is 17.6 Å². The first-order chi connectivity index (χ1) is 8.15. The van der Waals surface area contributed by atoms with E-state index in [-0.39, 0.29) is 6.04 Å². The van der Waals surface area contributed by atoms with Crippen molar-refractivity contribution in [2.75, 3.05) is 13.7 Å². The highest BCUT2D eigenvalue weighted by molar-refractivity contribution is 7.09. The second kappa shape index (κ2) is 7.21. The lowest BCUT2D eigenvalue weighted by Gasteiger charge is -2.15. The maximum Gasteiger partial charge on any atom is 0.206 e. The molecule has 17 heavy (non-hydrogen) atoms. The Morgan fingerprint density at radius 2 is 2.47 bits per heavy atom. The minimum Gasteiger partial charge on any atom is -0.383 e. The van der Waals surface area contributed by atoms with E-state index in [1.807, 2.05) is 19.2 Å². The molecule has 0 saturated heterocycles. The van der Waals surface area contributed by atoms with Crippen LogP contribution in [0, 0.1) is 6.92 Å². The third-order valence-corrected chi connectivity index (χ3v) is 2.82. The normalized spacial score (nSPS) is 13.5. The number of aryl methyl sites for hydroxylation is 1. The van der Waals surface area contributed by atoms with E-state index in [0.29, 0.717) is 19.1 Å². The van der Waals surface area contributed by atoms with Gasteiger partial charge in [0.05, 0.1) is 23.9 Å². The second-order valence-corrected chi connectivity index (χ2v) is 4.73. The number of thiazole rings is 1. The van der Waals surface area contributed by atoms with Crippen LogP contribution in [0.3, 0.4) is 0 Å². The second-order valence-electron chi connectivity index (χ2n) is 3.67. The lowest BCUT2D eigenvalue weighted by molar-refractivity contribution is 0.179. The third-order valence-electron chi connectivity index (χ3n) is 2.00. The molecule has 0 fully saturated rings. The topological polar surface area (TPSA) is 84.6 Å². The Bertz CT molecular complexity index is 365. The largest absolute Gasteiger partial charge is 0.383 e. The molecule has 0 aliphatic rings. The standard InChI is InChI=1S/C10H19N5OS/c1-7(5-16-3)13-10(15-11)12-4-9-6-17-8(2)14-9/h6-7H,4-5,11H2,1-3H3,(H2,12,13,15). The SMILES string of the molecule is COCC(C)NC(=NCc1csc(C)n1)NN. The molecule has 1 aromatic heterocycles. The molecule has 1 heterocycles. The van der Waals surface area contributed by atoms with Crippen molar-refractivity contribution in [2.24, 2.45) is 10.8 Å². The fourth-order valence-corrected chi connectivity index (χ4v) is 1.90. The quantitative estimate of drug-likeness (QED) is 0.308. The van der Waals surface area contributed by atoms with Gasteiger partial charge in [-0.3, -0.25) is 5.43 Å². The molecule has 0 bridgehead atoms. The van der Waals surface area contributed by atoms with Crippen LogP contribution in [-0.4, -0.2) is 30.7 Å². The zero-order chi connectivity index (χ0) is 12.7. The van der Waals surface area contributed by atoms with Gasteiger partial charge >= 0.3 is 0 Å². The molecule has 0 aliphatic heterocycles. The van der Waals surface area contributed by atoms with E-state index >= 15 is 0 Å². The number of aliphatic imine (C=N–C) groups is 1. The lowest BCUT2D eigenvalue weighted by Crippen LogP contribution is -2.46. The van der Waals surface area contributed by atoms with Gasteiger partial charge in [0, 0.05) is 18.5 Å². The van der Waals surface area contributed by atoms with E-state index in [2.05, 4.69) is 20.7 Å². The Morgan fingerprint density at radius 3 is 3.00 bits per heavy atom. The van der Waals surface area contributed by atoms with Crippen molar-refractivity contribution < 1.29 is 4.74 Å². The van der Waals surface area contributed by atoms with Crippen LogP contribution >= 0.6 is 11.3 Å². The molecule has 0 radical (unpaired) electrons. The monoisotopic (exact) mass is 257 g/mol. The van der Waals surface area contributed by atoms with Gasteiger partial charge in [-0.1, -0.05) is 0 Å². The molecular formula is C10H19N5OS. The first kappa shape index (κ1) is 13.9. The number of hydrazine groups is 1. The fraction of sp³-hybridized carbons (Fsp3) is 0.600. The zero-order valence-corrected chi connectivity index (χ0v) is 11.2. The number of nitrogens with one attached hydrogen (secondary N) is 2. The van der Waals surface area contributed by atoms with Crippen molar-refractivity contribution in [3.05, 3.63) is 16.1 Å². The van der Waals surface area contributed by atoms with E-state index in [1.54, 1.807) is 18.4 Å². The maximum absolute atomic E-state index is 5.38. The van der Waals surface area contributed by atoms with Gasteiger partial charge in [-0.2, -0.15) is 0 Å². The number of ether oxygens (including phenoxy) is 1. The van der Waals surface area contributed by atoms with Crippen molar-refractivity contribution in [3.63, 3.8) is 0 Å². The van der Waals surface area contributed by atoms with Crippen LogP contribution in [0.25, 0.3) is 0 Å². The first-order valence-corrected chi connectivity index (χ1v) is 6.21. The summed E-state index contributed by atoms with van der Waals surface area (Å²) in [5, 5.41) is 6.14. The van der Waals surface area contributed by atoms with Crippen molar-refractivity contribution in [1.29, 1.82) is 0 Å². The number of hydrogen-bond acceptors (Lipinski definition) is 5. The summed E-state index contributed by atoms with van der Waals surface area (Å²) in [6.45, 7) is 5.06. The van der Waals surface area contributed by atoms with E-state index < -0.39 is 0 Å². The van der Waals surface area contributed by atoms with Crippen LogP contribution in [0.4, 0.5) is 0 Å².